The van der Waals surface area contributed by atoms with Gasteiger partial charge in [-0.25, -0.2) is 0 Å². The largest absolute Gasteiger partial charge is 0.365 e. The number of nitrogens with zero attached hydrogens (tertiary/aromatic N) is 3. The first-order chi connectivity index (χ1) is 7.63. The molecule has 90 valence electrons. The Hall–Kier alpha value is -1.12. The second-order valence-corrected chi connectivity index (χ2v) is 4.29. The normalized spacial score (nSPS) is 21.2. The Morgan fingerprint density at radius 3 is 3.00 bits per heavy atom. The first-order valence-electron chi connectivity index (χ1n) is 5.54. The summed E-state index contributed by atoms with van der Waals surface area (Å²) < 4.78 is 5.26. The Bertz CT molecular complexity index is 273. The van der Waals surface area contributed by atoms with Gasteiger partial charge in [-0.15, -0.1) is 0 Å². The quantitative estimate of drug-likeness (QED) is 0.665. The zero-order chi connectivity index (χ0) is 12.0. The molecule has 0 radical (unpaired) electrons. The highest BCUT2D eigenvalue weighted by Crippen LogP contribution is 2.09. The Kier molecular flexibility index (Phi) is 5.23. The van der Waals surface area contributed by atoms with E-state index in [2.05, 4.69) is 11.0 Å². The number of ether oxygens (including phenoxy) is 1. The molecule has 0 spiro atoms. The van der Waals surface area contributed by atoms with Crippen molar-refractivity contribution in [2.24, 2.45) is 0 Å². The van der Waals surface area contributed by atoms with Gasteiger partial charge in [-0.2, -0.15) is 5.26 Å². The summed E-state index contributed by atoms with van der Waals surface area (Å²) in [5.41, 5.74) is 0. The molecule has 0 bridgehead atoms. The Morgan fingerprint density at radius 2 is 2.38 bits per heavy atom. The van der Waals surface area contributed by atoms with Gasteiger partial charge in [-0.1, -0.05) is 0 Å². The number of amides is 1. The van der Waals surface area contributed by atoms with Gasteiger partial charge in [0, 0.05) is 13.1 Å². The van der Waals surface area contributed by atoms with Crippen LogP contribution in [0, 0.1) is 11.3 Å². The van der Waals surface area contributed by atoms with E-state index in [-0.39, 0.29) is 18.6 Å². The predicted octanol–water partition coefficient (Wildman–Crippen LogP) is 0.0792. The van der Waals surface area contributed by atoms with E-state index in [4.69, 9.17) is 10.00 Å². The van der Waals surface area contributed by atoms with Gasteiger partial charge in [0.25, 0.3) is 0 Å². The molecule has 5 nitrogen and oxygen atoms in total. The maximum absolute atomic E-state index is 11.5. The van der Waals surface area contributed by atoms with Crippen molar-refractivity contribution in [2.75, 3.05) is 40.3 Å². The number of rotatable bonds is 5. The van der Waals surface area contributed by atoms with Crippen LogP contribution < -0.4 is 0 Å². The average molecular weight is 225 g/mol. The third-order valence-electron chi connectivity index (χ3n) is 2.57. The average Bonchev–Trinajstić information content (AvgIpc) is 2.22. The zero-order valence-corrected chi connectivity index (χ0v) is 9.98. The molecule has 5 heteroatoms. The zero-order valence-electron chi connectivity index (χ0n) is 9.98. The number of hydrogen-bond donors (Lipinski definition) is 0. The molecule has 1 heterocycles. The van der Waals surface area contributed by atoms with Gasteiger partial charge >= 0.3 is 0 Å². The van der Waals surface area contributed by atoms with E-state index in [0.717, 1.165) is 19.5 Å². The van der Waals surface area contributed by atoms with Gasteiger partial charge < -0.3 is 14.5 Å². The fourth-order valence-electron chi connectivity index (χ4n) is 1.70. The molecule has 0 N–H and O–H groups in total. The molecule has 0 aromatic rings. The number of nitriles is 1. The van der Waals surface area contributed by atoms with Crippen LogP contribution in [-0.4, -0.2) is 62.1 Å². The number of hydrogen-bond acceptors (Lipinski definition) is 4. The standard InChI is InChI=1S/C11H19N3O2/c1-13(2)6-3-7-14-8-10(4-5-12)16-9-11(14)15/h10H,3-4,6-9H2,1-2H3. The Morgan fingerprint density at radius 1 is 1.62 bits per heavy atom. The van der Waals surface area contributed by atoms with Crippen molar-refractivity contribution in [1.29, 1.82) is 5.26 Å². The molecular formula is C11H19N3O2. The lowest BCUT2D eigenvalue weighted by atomic mass is 10.2. The van der Waals surface area contributed by atoms with Crippen LogP contribution in [-0.2, 0) is 9.53 Å². The van der Waals surface area contributed by atoms with Crippen LogP contribution in [0.4, 0.5) is 0 Å². The van der Waals surface area contributed by atoms with E-state index >= 15 is 0 Å². The molecule has 1 saturated heterocycles. The van der Waals surface area contributed by atoms with E-state index < -0.39 is 0 Å². The molecule has 1 amide bonds. The van der Waals surface area contributed by atoms with Crippen LogP contribution in [0.5, 0.6) is 0 Å². The highest BCUT2D eigenvalue weighted by atomic mass is 16.5. The minimum atomic E-state index is -0.109. The van der Waals surface area contributed by atoms with Crippen molar-refractivity contribution in [3.8, 4) is 6.07 Å². The molecular weight excluding hydrogens is 206 g/mol. The van der Waals surface area contributed by atoms with Crippen LogP contribution in [0.2, 0.25) is 0 Å². The third-order valence-corrected chi connectivity index (χ3v) is 2.57. The van der Waals surface area contributed by atoms with Crippen LogP contribution in [0.25, 0.3) is 0 Å². The Balaban J connectivity index is 2.32. The van der Waals surface area contributed by atoms with Crippen molar-refractivity contribution in [3.05, 3.63) is 0 Å². The Labute approximate surface area is 96.6 Å². The molecule has 0 aromatic carbocycles. The SMILES string of the molecule is CN(C)CCCN1CC(CC#N)OCC1=O. The summed E-state index contributed by atoms with van der Waals surface area (Å²) in [5.74, 6) is 0.0351. The molecule has 16 heavy (non-hydrogen) atoms. The minimum absolute atomic E-state index is 0.0351. The second kappa shape index (κ2) is 6.46. The predicted molar refractivity (Wildman–Crippen MR) is 59.7 cm³/mol. The highest BCUT2D eigenvalue weighted by molar-refractivity contribution is 5.78. The molecule has 1 unspecified atom stereocenters. The summed E-state index contributed by atoms with van der Waals surface area (Å²) in [5, 5.41) is 8.58. The van der Waals surface area contributed by atoms with Gasteiger partial charge in [0.05, 0.1) is 18.6 Å². The molecule has 1 fully saturated rings. The van der Waals surface area contributed by atoms with Crippen LogP contribution in [0.3, 0.4) is 0 Å². The monoisotopic (exact) mass is 225 g/mol. The molecule has 1 aliphatic heterocycles. The third kappa shape index (κ3) is 4.17. The van der Waals surface area contributed by atoms with Gasteiger partial charge in [-0.3, -0.25) is 4.79 Å². The molecule has 0 saturated carbocycles. The maximum atomic E-state index is 11.5. The lowest BCUT2D eigenvalue weighted by molar-refractivity contribution is -0.148. The van der Waals surface area contributed by atoms with Crippen molar-refractivity contribution < 1.29 is 9.53 Å². The fourth-order valence-corrected chi connectivity index (χ4v) is 1.70. The van der Waals surface area contributed by atoms with Crippen LogP contribution in [0.1, 0.15) is 12.8 Å². The molecule has 1 atom stereocenters. The van der Waals surface area contributed by atoms with Crippen molar-refractivity contribution >= 4 is 5.91 Å². The summed E-state index contributed by atoms with van der Waals surface area (Å²) in [7, 11) is 4.03. The van der Waals surface area contributed by atoms with E-state index in [1.54, 1.807) is 4.90 Å². The smallest absolute Gasteiger partial charge is 0.248 e. The molecule has 0 aliphatic carbocycles. The molecule has 1 aliphatic rings. The second-order valence-electron chi connectivity index (χ2n) is 4.29. The van der Waals surface area contributed by atoms with E-state index in [1.165, 1.54) is 0 Å². The van der Waals surface area contributed by atoms with Crippen LogP contribution >= 0.6 is 0 Å². The van der Waals surface area contributed by atoms with Gasteiger partial charge in [-0.05, 0) is 27.1 Å². The first kappa shape index (κ1) is 12.9. The summed E-state index contributed by atoms with van der Waals surface area (Å²) in [6.45, 7) is 2.39. The molecule has 1 rings (SSSR count). The topological polar surface area (TPSA) is 56.6 Å². The summed E-state index contributed by atoms with van der Waals surface area (Å²) in [4.78, 5) is 15.4. The van der Waals surface area contributed by atoms with E-state index in [0.29, 0.717) is 13.0 Å². The van der Waals surface area contributed by atoms with Crippen molar-refractivity contribution in [1.82, 2.24) is 9.80 Å². The van der Waals surface area contributed by atoms with Crippen molar-refractivity contribution in [3.63, 3.8) is 0 Å². The number of carbonyl (C=O) groups is 1. The minimum Gasteiger partial charge on any atom is -0.365 e. The lowest BCUT2D eigenvalue weighted by Crippen LogP contribution is -2.47. The van der Waals surface area contributed by atoms with Gasteiger partial charge in [0.1, 0.15) is 6.61 Å². The highest BCUT2D eigenvalue weighted by Gasteiger charge is 2.25. The molecule has 0 aromatic heterocycles. The van der Waals surface area contributed by atoms with Crippen LogP contribution in [0.15, 0.2) is 0 Å². The summed E-state index contributed by atoms with van der Waals surface area (Å²) in [6.07, 6.45) is 1.21. The van der Waals surface area contributed by atoms with E-state index in [9.17, 15) is 4.79 Å². The van der Waals surface area contributed by atoms with Gasteiger partial charge in [0.2, 0.25) is 5.91 Å². The van der Waals surface area contributed by atoms with Crippen molar-refractivity contribution in [2.45, 2.75) is 18.9 Å². The maximum Gasteiger partial charge on any atom is 0.248 e. The number of carbonyl (C=O) groups excluding carboxylic acids is 1. The summed E-state index contributed by atoms with van der Waals surface area (Å²) in [6, 6.07) is 2.08. The fraction of sp³-hybridized carbons (Fsp3) is 0.818. The van der Waals surface area contributed by atoms with Gasteiger partial charge in [0.15, 0.2) is 0 Å². The summed E-state index contributed by atoms with van der Waals surface area (Å²) >= 11 is 0. The van der Waals surface area contributed by atoms with E-state index in [1.807, 2.05) is 14.1 Å². The lowest BCUT2D eigenvalue weighted by Gasteiger charge is -2.32. The number of morpholine rings is 1. The first-order valence-corrected chi connectivity index (χ1v) is 5.54.